The molecule has 21 heavy (non-hydrogen) atoms. The third-order valence-corrected chi connectivity index (χ3v) is 4.37. The number of piperidine rings is 1. The summed E-state index contributed by atoms with van der Waals surface area (Å²) in [7, 11) is 0. The fourth-order valence-corrected chi connectivity index (χ4v) is 3.21. The van der Waals surface area contributed by atoms with Crippen molar-refractivity contribution in [2.75, 3.05) is 5.32 Å². The van der Waals surface area contributed by atoms with Crippen LogP contribution in [0.3, 0.4) is 0 Å². The maximum absolute atomic E-state index is 12.4. The van der Waals surface area contributed by atoms with Crippen molar-refractivity contribution in [1.29, 1.82) is 5.26 Å². The van der Waals surface area contributed by atoms with Gasteiger partial charge in [-0.05, 0) is 57.9 Å². The van der Waals surface area contributed by atoms with E-state index in [0.29, 0.717) is 17.6 Å². The molecule has 3 atom stereocenters. The molecule has 4 nitrogen and oxygen atoms in total. The van der Waals surface area contributed by atoms with Crippen molar-refractivity contribution in [2.45, 2.75) is 58.2 Å². The van der Waals surface area contributed by atoms with E-state index >= 15 is 0 Å². The number of hydrogen-bond acceptors (Lipinski definition) is 3. The quantitative estimate of drug-likeness (QED) is 0.928. The van der Waals surface area contributed by atoms with E-state index in [2.05, 4.69) is 30.1 Å². The number of hydrogen-bond donors (Lipinski definition) is 1. The second-order valence-corrected chi connectivity index (χ2v) is 5.93. The van der Waals surface area contributed by atoms with Crippen LogP contribution in [0.2, 0.25) is 0 Å². The highest BCUT2D eigenvalue weighted by atomic mass is 16.2. The van der Waals surface area contributed by atoms with Gasteiger partial charge in [-0.25, -0.2) is 0 Å². The Hall–Kier alpha value is -1.86. The molecular weight excluding hydrogens is 262 g/mol. The van der Waals surface area contributed by atoms with Crippen LogP contribution in [0.25, 0.3) is 0 Å². The van der Waals surface area contributed by atoms with Gasteiger partial charge in [0, 0.05) is 17.8 Å². The average Bonchev–Trinajstić information content (AvgIpc) is 2.47. The molecule has 3 unspecified atom stereocenters. The molecule has 1 aliphatic heterocycles. The smallest absolute Gasteiger partial charge is 0.241 e. The fraction of sp³-hybridized carbons (Fsp3) is 0.529. The van der Waals surface area contributed by atoms with Crippen LogP contribution in [-0.4, -0.2) is 28.9 Å². The average molecular weight is 285 g/mol. The Labute approximate surface area is 126 Å². The van der Waals surface area contributed by atoms with Crippen molar-refractivity contribution in [3.05, 3.63) is 29.8 Å². The molecular formula is C17H23N3O. The minimum Gasteiger partial charge on any atom is -0.325 e. The summed E-state index contributed by atoms with van der Waals surface area (Å²) in [6.07, 6.45) is 3.54. The van der Waals surface area contributed by atoms with Crippen molar-refractivity contribution in [3.8, 4) is 6.07 Å². The lowest BCUT2D eigenvalue weighted by Gasteiger charge is -2.42. The maximum Gasteiger partial charge on any atom is 0.241 e. The lowest BCUT2D eigenvalue weighted by molar-refractivity contribution is -0.123. The third kappa shape index (κ3) is 3.62. The lowest BCUT2D eigenvalue weighted by atomic mass is 9.95. The molecule has 0 saturated carbocycles. The van der Waals surface area contributed by atoms with Crippen LogP contribution in [0.1, 0.15) is 45.6 Å². The van der Waals surface area contributed by atoms with Gasteiger partial charge in [-0.15, -0.1) is 0 Å². The molecule has 1 aliphatic rings. The van der Waals surface area contributed by atoms with E-state index in [0.717, 1.165) is 18.5 Å². The molecule has 1 amide bonds. The van der Waals surface area contributed by atoms with Crippen molar-refractivity contribution < 1.29 is 4.79 Å². The molecule has 0 aliphatic carbocycles. The van der Waals surface area contributed by atoms with Crippen LogP contribution in [0, 0.1) is 11.3 Å². The number of amides is 1. The summed E-state index contributed by atoms with van der Waals surface area (Å²) < 4.78 is 0. The molecule has 0 bridgehead atoms. The second kappa shape index (κ2) is 6.73. The zero-order valence-electron chi connectivity index (χ0n) is 13.0. The molecule has 112 valence electrons. The summed E-state index contributed by atoms with van der Waals surface area (Å²) in [6.45, 7) is 6.36. The first-order valence-corrected chi connectivity index (χ1v) is 7.61. The molecule has 1 saturated heterocycles. The summed E-state index contributed by atoms with van der Waals surface area (Å²) in [5.41, 5.74) is 1.34. The minimum absolute atomic E-state index is 0.0142. The largest absolute Gasteiger partial charge is 0.325 e. The summed E-state index contributed by atoms with van der Waals surface area (Å²) in [5.74, 6) is 0.0142. The van der Waals surface area contributed by atoms with Crippen LogP contribution in [0.5, 0.6) is 0 Å². The predicted octanol–water partition coefficient (Wildman–Crippen LogP) is 3.15. The monoisotopic (exact) mass is 285 g/mol. The number of rotatable bonds is 3. The Morgan fingerprint density at radius 1 is 1.29 bits per heavy atom. The van der Waals surface area contributed by atoms with E-state index in [1.54, 1.807) is 24.3 Å². The highest BCUT2D eigenvalue weighted by Crippen LogP contribution is 2.25. The molecule has 0 radical (unpaired) electrons. The number of nitriles is 1. The molecule has 1 fully saturated rings. The number of anilines is 1. The third-order valence-electron chi connectivity index (χ3n) is 4.37. The molecule has 2 rings (SSSR count). The maximum atomic E-state index is 12.4. The van der Waals surface area contributed by atoms with Gasteiger partial charge in [-0.2, -0.15) is 5.26 Å². The van der Waals surface area contributed by atoms with E-state index in [1.807, 2.05) is 6.92 Å². The zero-order chi connectivity index (χ0) is 15.4. The van der Waals surface area contributed by atoms with Gasteiger partial charge in [0.1, 0.15) is 0 Å². The Bertz CT molecular complexity index is 522. The lowest BCUT2D eigenvalue weighted by Crippen LogP contribution is -2.53. The summed E-state index contributed by atoms with van der Waals surface area (Å²) >= 11 is 0. The van der Waals surface area contributed by atoms with Crippen molar-refractivity contribution >= 4 is 11.6 Å². The van der Waals surface area contributed by atoms with E-state index in [1.165, 1.54) is 6.42 Å². The van der Waals surface area contributed by atoms with Crippen LogP contribution in [-0.2, 0) is 4.79 Å². The molecule has 1 aromatic carbocycles. The Morgan fingerprint density at radius 3 is 2.38 bits per heavy atom. The van der Waals surface area contributed by atoms with Crippen molar-refractivity contribution in [1.82, 2.24) is 4.90 Å². The second-order valence-electron chi connectivity index (χ2n) is 5.93. The van der Waals surface area contributed by atoms with E-state index in [4.69, 9.17) is 5.26 Å². The van der Waals surface area contributed by atoms with Crippen molar-refractivity contribution in [3.63, 3.8) is 0 Å². The van der Waals surface area contributed by atoms with Crippen LogP contribution >= 0.6 is 0 Å². The number of benzene rings is 1. The van der Waals surface area contributed by atoms with Gasteiger partial charge in [0.15, 0.2) is 0 Å². The SMILES string of the molecule is CC1CCCC(C)N1C(C)C(=O)Nc1ccc(C#N)cc1. The van der Waals surface area contributed by atoms with Gasteiger partial charge in [-0.1, -0.05) is 6.42 Å². The van der Waals surface area contributed by atoms with Gasteiger partial charge in [0.25, 0.3) is 0 Å². The van der Waals surface area contributed by atoms with Crippen LogP contribution < -0.4 is 5.32 Å². The number of nitrogens with zero attached hydrogens (tertiary/aromatic N) is 2. The van der Waals surface area contributed by atoms with Gasteiger partial charge in [0.2, 0.25) is 5.91 Å². The number of carbonyl (C=O) groups excluding carboxylic acids is 1. The van der Waals surface area contributed by atoms with E-state index in [9.17, 15) is 4.79 Å². The number of nitrogens with one attached hydrogen (secondary N) is 1. The standard InChI is InChI=1S/C17H23N3O/c1-12-5-4-6-13(2)20(12)14(3)17(21)19-16-9-7-15(11-18)8-10-16/h7-10,12-14H,4-6H2,1-3H3,(H,19,21). The summed E-state index contributed by atoms with van der Waals surface area (Å²) in [6, 6.07) is 9.78. The highest BCUT2D eigenvalue weighted by Gasteiger charge is 2.32. The molecule has 0 aromatic heterocycles. The van der Waals surface area contributed by atoms with E-state index < -0.39 is 0 Å². The van der Waals surface area contributed by atoms with Crippen LogP contribution in [0.15, 0.2) is 24.3 Å². The Morgan fingerprint density at radius 2 is 1.86 bits per heavy atom. The van der Waals surface area contributed by atoms with Gasteiger partial charge >= 0.3 is 0 Å². The molecule has 1 aromatic rings. The molecule has 0 spiro atoms. The first-order chi connectivity index (χ1) is 10.0. The normalized spacial score (nSPS) is 24.1. The van der Waals surface area contributed by atoms with Crippen LogP contribution in [0.4, 0.5) is 5.69 Å². The topological polar surface area (TPSA) is 56.1 Å². The summed E-state index contributed by atoms with van der Waals surface area (Å²) in [5, 5.41) is 11.7. The first kappa shape index (κ1) is 15.5. The van der Waals surface area contributed by atoms with Gasteiger partial charge in [-0.3, -0.25) is 9.69 Å². The highest BCUT2D eigenvalue weighted by molar-refractivity contribution is 5.94. The van der Waals surface area contributed by atoms with Gasteiger partial charge < -0.3 is 5.32 Å². The molecule has 1 N–H and O–H groups in total. The minimum atomic E-state index is -0.147. The molecule has 1 heterocycles. The summed E-state index contributed by atoms with van der Waals surface area (Å²) in [4.78, 5) is 14.7. The van der Waals surface area contributed by atoms with Crippen molar-refractivity contribution in [2.24, 2.45) is 0 Å². The fourth-order valence-electron chi connectivity index (χ4n) is 3.21. The van der Waals surface area contributed by atoms with Gasteiger partial charge in [0.05, 0.1) is 17.7 Å². The Kier molecular flexibility index (Phi) is 4.98. The Balaban J connectivity index is 2.03. The number of likely N-dealkylation sites (tertiary alicyclic amines) is 1. The first-order valence-electron chi connectivity index (χ1n) is 7.61. The number of carbonyl (C=O) groups is 1. The zero-order valence-corrected chi connectivity index (χ0v) is 13.0. The van der Waals surface area contributed by atoms with E-state index in [-0.39, 0.29) is 11.9 Å². The predicted molar refractivity (Wildman–Crippen MR) is 83.9 cm³/mol. The molecule has 4 heteroatoms.